The first kappa shape index (κ1) is 21.2. The first-order chi connectivity index (χ1) is 12.9. The standard InChI is InChI=1S/C20H32N4O3/c1-14(2)22-19(26)16-7-8-18(15(3)12-16)23-20(27)21-9-11-24-10-5-4-6-17(24)13-25/h7-8,12,14,17,25H,4-6,9-11,13H2,1-3H3,(H,22,26)(H2,21,23,27). The van der Waals surface area contributed by atoms with Crippen LogP contribution >= 0.6 is 0 Å². The first-order valence-electron chi connectivity index (χ1n) is 9.72. The third kappa shape index (κ3) is 6.52. The topological polar surface area (TPSA) is 93.7 Å². The van der Waals surface area contributed by atoms with Crippen LogP contribution < -0.4 is 16.0 Å². The number of hydrogen-bond acceptors (Lipinski definition) is 4. The smallest absolute Gasteiger partial charge is 0.319 e. The molecule has 150 valence electrons. The van der Waals surface area contributed by atoms with Gasteiger partial charge in [0, 0.05) is 36.4 Å². The highest BCUT2D eigenvalue weighted by molar-refractivity contribution is 5.96. The molecule has 1 aliphatic heterocycles. The van der Waals surface area contributed by atoms with Crippen LogP contribution in [0, 0.1) is 6.92 Å². The molecule has 0 aliphatic carbocycles. The van der Waals surface area contributed by atoms with Gasteiger partial charge in [0.25, 0.3) is 5.91 Å². The second kappa shape index (κ2) is 10.3. The lowest BCUT2D eigenvalue weighted by Gasteiger charge is -2.34. The van der Waals surface area contributed by atoms with E-state index in [4.69, 9.17) is 0 Å². The van der Waals surface area contributed by atoms with Crippen molar-refractivity contribution in [2.75, 3.05) is 31.6 Å². The molecule has 7 heteroatoms. The van der Waals surface area contributed by atoms with Crippen molar-refractivity contribution in [2.24, 2.45) is 0 Å². The summed E-state index contributed by atoms with van der Waals surface area (Å²) in [6.45, 7) is 8.08. The van der Waals surface area contributed by atoms with Crippen molar-refractivity contribution >= 4 is 17.6 Å². The maximum absolute atomic E-state index is 12.2. The highest BCUT2D eigenvalue weighted by Gasteiger charge is 2.21. The zero-order valence-electron chi connectivity index (χ0n) is 16.5. The third-order valence-electron chi connectivity index (χ3n) is 4.80. The number of aliphatic hydroxyl groups excluding tert-OH is 1. The molecule has 0 spiro atoms. The highest BCUT2D eigenvalue weighted by Crippen LogP contribution is 2.17. The van der Waals surface area contributed by atoms with Gasteiger partial charge in [-0.25, -0.2) is 4.79 Å². The van der Waals surface area contributed by atoms with Crippen LogP contribution in [0.2, 0.25) is 0 Å². The van der Waals surface area contributed by atoms with Crippen LogP contribution in [0.1, 0.15) is 49.0 Å². The third-order valence-corrected chi connectivity index (χ3v) is 4.80. The van der Waals surface area contributed by atoms with Gasteiger partial charge in [0.05, 0.1) is 6.61 Å². The number of anilines is 1. The van der Waals surface area contributed by atoms with Crippen LogP contribution in [-0.4, -0.2) is 60.3 Å². The minimum atomic E-state index is -0.268. The van der Waals surface area contributed by atoms with Gasteiger partial charge < -0.3 is 21.1 Å². The van der Waals surface area contributed by atoms with E-state index in [0.29, 0.717) is 17.8 Å². The SMILES string of the molecule is Cc1cc(C(=O)NC(C)C)ccc1NC(=O)NCCN1CCCCC1CO. The Morgan fingerprint density at radius 1 is 1.30 bits per heavy atom. The molecular weight excluding hydrogens is 344 g/mol. The van der Waals surface area contributed by atoms with Gasteiger partial charge in [-0.1, -0.05) is 6.42 Å². The summed E-state index contributed by atoms with van der Waals surface area (Å²) in [6.07, 6.45) is 3.30. The van der Waals surface area contributed by atoms with Crippen molar-refractivity contribution in [1.82, 2.24) is 15.5 Å². The number of urea groups is 1. The predicted molar refractivity (Wildman–Crippen MR) is 107 cm³/mol. The number of aryl methyl sites for hydroxylation is 1. The number of carbonyl (C=O) groups excluding carboxylic acids is 2. The molecule has 0 saturated carbocycles. The summed E-state index contributed by atoms with van der Waals surface area (Å²) >= 11 is 0. The van der Waals surface area contributed by atoms with Crippen LogP contribution in [-0.2, 0) is 0 Å². The Labute approximate surface area is 161 Å². The van der Waals surface area contributed by atoms with Gasteiger partial charge in [0.15, 0.2) is 0 Å². The summed E-state index contributed by atoms with van der Waals surface area (Å²) < 4.78 is 0. The molecule has 1 saturated heterocycles. The van der Waals surface area contributed by atoms with Crippen LogP contribution in [0.4, 0.5) is 10.5 Å². The van der Waals surface area contributed by atoms with Gasteiger partial charge in [0.1, 0.15) is 0 Å². The molecule has 1 atom stereocenters. The maximum atomic E-state index is 12.2. The van der Waals surface area contributed by atoms with Gasteiger partial charge >= 0.3 is 6.03 Å². The molecule has 1 aromatic carbocycles. The zero-order valence-corrected chi connectivity index (χ0v) is 16.5. The molecule has 7 nitrogen and oxygen atoms in total. The summed E-state index contributed by atoms with van der Waals surface area (Å²) in [6, 6.07) is 5.24. The zero-order chi connectivity index (χ0) is 19.8. The summed E-state index contributed by atoms with van der Waals surface area (Å²) in [4.78, 5) is 26.4. The van der Waals surface area contributed by atoms with Crippen molar-refractivity contribution in [3.8, 4) is 0 Å². The lowest BCUT2D eigenvalue weighted by Crippen LogP contribution is -2.46. The quantitative estimate of drug-likeness (QED) is 0.586. The number of nitrogens with zero attached hydrogens (tertiary/aromatic N) is 1. The summed E-state index contributed by atoms with van der Waals surface area (Å²) in [5, 5.41) is 18.0. The van der Waals surface area contributed by atoms with E-state index in [1.807, 2.05) is 20.8 Å². The highest BCUT2D eigenvalue weighted by atomic mass is 16.3. The number of nitrogens with one attached hydrogen (secondary N) is 3. The number of hydrogen-bond donors (Lipinski definition) is 4. The number of aliphatic hydroxyl groups is 1. The molecule has 1 fully saturated rings. The fourth-order valence-corrected chi connectivity index (χ4v) is 3.33. The average Bonchev–Trinajstić information content (AvgIpc) is 2.63. The Morgan fingerprint density at radius 3 is 2.74 bits per heavy atom. The van der Waals surface area contributed by atoms with Crippen molar-refractivity contribution in [1.29, 1.82) is 0 Å². The second-order valence-corrected chi connectivity index (χ2v) is 7.41. The van der Waals surface area contributed by atoms with Gasteiger partial charge in [-0.3, -0.25) is 9.69 Å². The van der Waals surface area contributed by atoms with Crippen LogP contribution in [0.3, 0.4) is 0 Å². The predicted octanol–water partition coefficient (Wildman–Crippen LogP) is 2.10. The molecular formula is C20H32N4O3. The van der Waals surface area contributed by atoms with E-state index in [-0.39, 0.29) is 30.6 Å². The minimum Gasteiger partial charge on any atom is -0.395 e. The van der Waals surface area contributed by atoms with E-state index >= 15 is 0 Å². The minimum absolute atomic E-state index is 0.0757. The molecule has 2 rings (SSSR count). The fourth-order valence-electron chi connectivity index (χ4n) is 3.33. The molecule has 3 amide bonds. The summed E-state index contributed by atoms with van der Waals surface area (Å²) in [5.41, 5.74) is 2.09. The lowest BCUT2D eigenvalue weighted by atomic mass is 10.0. The van der Waals surface area contributed by atoms with E-state index in [9.17, 15) is 14.7 Å². The van der Waals surface area contributed by atoms with Crippen LogP contribution in [0.15, 0.2) is 18.2 Å². The molecule has 0 aromatic heterocycles. The van der Waals surface area contributed by atoms with Gasteiger partial charge in [-0.2, -0.15) is 0 Å². The van der Waals surface area contributed by atoms with Gasteiger partial charge in [0.2, 0.25) is 0 Å². The Bertz CT molecular complexity index is 648. The number of rotatable bonds is 7. The Balaban J connectivity index is 1.82. The van der Waals surface area contributed by atoms with E-state index in [2.05, 4.69) is 20.9 Å². The monoisotopic (exact) mass is 376 g/mol. The summed E-state index contributed by atoms with van der Waals surface area (Å²) in [5.74, 6) is -0.121. The van der Waals surface area contributed by atoms with Crippen molar-refractivity contribution in [3.05, 3.63) is 29.3 Å². The normalized spacial score (nSPS) is 17.6. The first-order valence-corrected chi connectivity index (χ1v) is 9.72. The Kier molecular flexibility index (Phi) is 8.06. The number of likely N-dealkylation sites (tertiary alicyclic amines) is 1. The molecule has 4 N–H and O–H groups in total. The molecule has 27 heavy (non-hydrogen) atoms. The average molecular weight is 377 g/mol. The molecule has 0 bridgehead atoms. The number of piperidine rings is 1. The van der Waals surface area contributed by atoms with Crippen molar-refractivity contribution < 1.29 is 14.7 Å². The van der Waals surface area contributed by atoms with E-state index in [0.717, 1.165) is 37.9 Å². The van der Waals surface area contributed by atoms with Crippen molar-refractivity contribution in [3.63, 3.8) is 0 Å². The molecule has 1 aromatic rings. The molecule has 1 heterocycles. The summed E-state index contributed by atoms with van der Waals surface area (Å²) in [7, 11) is 0. The fraction of sp³-hybridized carbons (Fsp3) is 0.600. The molecule has 1 unspecified atom stereocenters. The van der Waals surface area contributed by atoms with E-state index in [1.54, 1.807) is 18.2 Å². The number of amides is 3. The number of carbonyl (C=O) groups is 2. The van der Waals surface area contributed by atoms with Gasteiger partial charge in [-0.15, -0.1) is 0 Å². The van der Waals surface area contributed by atoms with E-state index in [1.165, 1.54) is 0 Å². The lowest BCUT2D eigenvalue weighted by molar-refractivity contribution is 0.0917. The van der Waals surface area contributed by atoms with Crippen molar-refractivity contribution in [2.45, 2.75) is 52.1 Å². The molecule has 0 radical (unpaired) electrons. The van der Waals surface area contributed by atoms with E-state index < -0.39 is 0 Å². The van der Waals surface area contributed by atoms with Crippen LogP contribution in [0.25, 0.3) is 0 Å². The largest absolute Gasteiger partial charge is 0.395 e. The Morgan fingerprint density at radius 2 is 2.07 bits per heavy atom. The number of benzene rings is 1. The van der Waals surface area contributed by atoms with Crippen LogP contribution in [0.5, 0.6) is 0 Å². The molecule has 1 aliphatic rings. The Hall–Kier alpha value is -2.12. The van der Waals surface area contributed by atoms with Gasteiger partial charge in [-0.05, 0) is 63.9 Å². The second-order valence-electron chi connectivity index (χ2n) is 7.41. The maximum Gasteiger partial charge on any atom is 0.319 e.